The average molecular weight is 204 g/mol. The van der Waals surface area contributed by atoms with E-state index in [4.69, 9.17) is 5.73 Å². The second-order valence-corrected chi connectivity index (χ2v) is 4.60. The molecule has 2 aromatic rings. The number of aromatic amines is 1. The van der Waals surface area contributed by atoms with Crippen molar-refractivity contribution in [1.82, 2.24) is 4.98 Å². The van der Waals surface area contributed by atoms with Gasteiger partial charge < -0.3 is 15.8 Å². The maximum absolute atomic E-state index is 10.1. The zero-order valence-electron chi connectivity index (χ0n) is 9.26. The first kappa shape index (κ1) is 10.1. The molecule has 0 radical (unpaired) electrons. The number of benzene rings is 1. The fourth-order valence-corrected chi connectivity index (χ4v) is 1.85. The minimum atomic E-state index is -0.524. The average Bonchev–Trinajstić information content (AvgIpc) is 2.44. The van der Waals surface area contributed by atoms with Gasteiger partial charge in [-0.25, -0.2) is 0 Å². The lowest BCUT2D eigenvalue weighted by molar-refractivity contribution is 0.446. The van der Waals surface area contributed by atoms with E-state index in [9.17, 15) is 5.11 Å². The fourth-order valence-electron chi connectivity index (χ4n) is 1.85. The molecular weight excluding hydrogens is 188 g/mol. The van der Waals surface area contributed by atoms with Crippen LogP contribution in [0.3, 0.4) is 0 Å². The highest BCUT2D eigenvalue weighted by atomic mass is 16.3. The number of fused-ring (bicyclic) bond motifs is 1. The van der Waals surface area contributed by atoms with Crippen LogP contribution in [0.2, 0.25) is 0 Å². The molecule has 80 valence electrons. The minimum absolute atomic E-state index is 0.282. The van der Waals surface area contributed by atoms with Gasteiger partial charge in [-0.05, 0) is 32.9 Å². The lowest BCUT2D eigenvalue weighted by atomic mass is 9.93. The van der Waals surface area contributed by atoms with Crippen LogP contribution < -0.4 is 5.73 Å². The number of nitrogens with two attached hydrogens (primary N) is 1. The van der Waals surface area contributed by atoms with Gasteiger partial charge in [0.05, 0.1) is 0 Å². The number of rotatable bonds is 1. The molecule has 15 heavy (non-hydrogen) atoms. The maximum atomic E-state index is 10.1. The van der Waals surface area contributed by atoms with Crippen molar-refractivity contribution in [2.24, 2.45) is 5.73 Å². The summed E-state index contributed by atoms with van der Waals surface area (Å²) in [6.45, 7) is 5.73. The Morgan fingerprint density at radius 2 is 2.00 bits per heavy atom. The first-order valence-corrected chi connectivity index (χ1v) is 5.00. The van der Waals surface area contributed by atoms with E-state index < -0.39 is 5.54 Å². The number of H-pyrrole nitrogens is 1. The Hall–Kier alpha value is -1.48. The third kappa shape index (κ3) is 1.59. The topological polar surface area (TPSA) is 62.0 Å². The van der Waals surface area contributed by atoms with Crippen LogP contribution >= 0.6 is 0 Å². The van der Waals surface area contributed by atoms with E-state index in [1.54, 1.807) is 0 Å². The van der Waals surface area contributed by atoms with Crippen molar-refractivity contribution in [3.8, 4) is 5.75 Å². The Kier molecular flexibility index (Phi) is 2.01. The number of phenolic OH excluding ortho intramolecular Hbond substituents is 1. The van der Waals surface area contributed by atoms with E-state index in [1.807, 2.05) is 39.0 Å². The standard InChI is InChI=1S/C12H16N2O/c1-7-6-8-10(14-7)5-4-9(11(8)15)12(2,3)13/h4-6,14-15H,13H2,1-3H3. The molecule has 0 saturated carbocycles. The lowest BCUT2D eigenvalue weighted by Crippen LogP contribution is -2.28. The Morgan fingerprint density at radius 1 is 1.33 bits per heavy atom. The van der Waals surface area contributed by atoms with Gasteiger partial charge in [0.25, 0.3) is 0 Å². The Labute approximate surface area is 88.9 Å². The van der Waals surface area contributed by atoms with Gasteiger partial charge >= 0.3 is 0 Å². The van der Waals surface area contributed by atoms with Crippen LogP contribution in [0, 0.1) is 6.92 Å². The highest BCUT2D eigenvalue weighted by molar-refractivity contribution is 5.88. The highest BCUT2D eigenvalue weighted by Gasteiger charge is 2.20. The molecule has 3 nitrogen and oxygen atoms in total. The van der Waals surface area contributed by atoms with Crippen LogP contribution in [0.25, 0.3) is 10.9 Å². The molecule has 2 rings (SSSR count). The molecule has 0 fully saturated rings. The minimum Gasteiger partial charge on any atom is -0.507 e. The third-order valence-electron chi connectivity index (χ3n) is 2.60. The Morgan fingerprint density at radius 3 is 2.60 bits per heavy atom. The summed E-state index contributed by atoms with van der Waals surface area (Å²) in [5.41, 5.74) is 8.21. The smallest absolute Gasteiger partial charge is 0.129 e. The molecule has 0 aliphatic rings. The molecule has 1 heterocycles. The number of nitrogens with one attached hydrogen (secondary N) is 1. The highest BCUT2D eigenvalue weighted by Crippen LogP contribution is 2.34. The zero-order valence-corrected chi connectivity index (χ0v) is 9.26. The van der Waals surface area contributed by atoms with Gasteiger partial charge in [-0.15, -0.1) is 0 Å². The van der Waals surface area contributed by atoms with Crippen molar-refractivity contribution in [3.63, 3.8) is 0 Å². The van der Waals surface area contributed by atoms with Crippen LogP contribution in [0.4, 0.5) is 0 Å². The van der Waals surface area contributed by atoms with E-state index in [0.29, 0.717) is 0 Å². The van der Waals surface area contributed by atoms with Crippen molar-refractivity contribution in [2.75, 3.05) is 0 Å². The van der Waals surface area contributed by atoms with Gasteiger partial charge in [-0.2, -0.15) is 0 Å². The van der Waals surface area contributed by atoms with E-state index in [-0.39, 0.29) is 5.75 Å². The Bertz CT molecular complexity index is 506. The molecule has 0 bridgehead atoms. The van der Waals surface area contributed by atoms with Crippen LogP contribution in [0.5, 0.6) is 5.75 Å². The zero-order chi connectivity index (χ0) is 11.2. The number of hydrogen-bond donors (Lipinski definition) is 3. The fraction of sp³-hybridized carbons (Fsp3) is 0.333. The van der Waals surface area contributed by atoms with Gasteiger partial charge in [-0.1, -0.05) is 6.07 Å². The number of aromatic hydroxyl groups is 1. The molecule has 1 aromatic heterocycles. The molecule has 0 aliphatic heterocycles. The third-order valence-corrected chi connectivity index (χ3v) is 2.60. The SMILES string of the molecule is Cc1cc2c(O)c(C(C)(C)N)ccc2[nH]1. The molecule has 1 aromatic carbocycles. The first-order valence-electron chi connectivity index (χ1n) is 5.00. The summed E-state index contributed by atoms with van der Waals surface area (Å²) in [6, 6.07) is 5.75. The van der Waals surface area contributed by atoms with Gasteiger partial charge in [0.15, 0.2) is 0 Å². The summed E-state index contributed by atoms with van der Waals surface area (Å²) in [7, 11) is 0. The number of phenols is 1. The monoisotopic (exact) mass is 204 g/mol. The largest absolute Gasteiger partial charge is 0.507 e. The van der Waals surface area contributed by atoms with Crippen molar-refractivity contribution >= 4 is 10.9 Å². The van der Waals surface area contributed by atoms with Crippen molar-refractivity contribution in [1.29, 1.82) is 0 Å². The second-order valence-electron chi connectivity index (χ2n) is 4.60. The van der Waals surface area contributed by atoms with Crippen molar-refractivity contribution in [3.05, 3.63) is 29.5 Å². The number of hydrogen-bond acceptors (Lipinski definition) is 2. The second kappa shape index (κ2) is 3.00. The predicted molar refractivity (Wildman–Crippen MR) is 61.9 cm³/mol. The van der Waals surface area contributed by atoms with Crippen LogP contribution in [0.15, 0.2) is 18.2 Å². The first-order chi connectivity index (χ1) is 6.89. The molecule has 3 heteroatoms. The van der Waals surface area contributed by atoms with E-state index in [1.165, 1.54) is 0 Å². The van der Waals surface area contributed by atoms with E-state index in [0.717, 1.165) is 22.2 Å². The lowest BCUT2D eigenvalue weighted by Gasteiger charge is -2.20. The molecule has 0 unspecified atom stereocenters. The molecule has 0 atom stereocenters. The van der Waals surface area contributed by atoms with Crippen molar-refractivity contribution < 1.29 is 5.11 Å². The summed E-state index contributed by atoms with van der Waals surface area (Å²) < 4.78 is 0. The van der Waals surface area contributed by atoms with Crippen molar-refractivity contribution in [2.45, 2.75) is 26.3 Å². The summed E-state index contributed by atoms with van der Waals surface area (Å²) in [5.74, 6) is 0.282. The Balaban J connectivity index is 2.75. The van der Waals surface area contributed by atoms with Gasteiger partial charge in [-0.3, -0.25) is 0 Å². The van der Waals surface area contributed by atoms with Gasteiger partial charge in [0.1, 0.15) is 5.75 Å². The summed E-state index contributed by atoms with van der Waals surface area (Å²) in [6.07, 6.45) is 0. The molecule has 0 aliphatic carbocycles. The predicted octanol–water partition coefficient (Wildman–Crippen LogP) is 2.38. The molecule has 4 N–H and O–H groups in total. The normalized spacial score (nSPS) is 12.3. The maximum Gasteiger partial charge on any atom is 0.129 e. The number of aromatic nitrogens is 1. The molecular formula is C12H16N2O. The quantitative estimate of drug-likeness (QED) is 0.667. The molecule has 0 saturated heterocycles. The van der Waals surface area contributed by atoms with Crippen LogP contribution in [0.1, 0.15) is 25.1 Å². The molecule has 0 spiro atoms. The van der Waals surface area contributed by atoms with E-state index >= 15 is 0 Å². The van der Waals surface area contributed by atoms with Crippen LogP contribution in [-0.2, 0) is 5.54 Å². The van der Waals surface area contributed by atoms with Crippen LogP contribution in [-0.4, -0.2) is 10.1 Å². The summed E-state index contributed by atoms with van der Waals surface area (Å²) in [4.78, 5) is 3.18. The van der Waals surface area contributed by atoms with Gasteiger partial charge in [0.2, 0.25) is 0 Å². The number of aryl methyl sites for hydroxylation is 1. The van der Waals surface area contributed by atoms with E-state index in [2.05, 4.69) is 4.98 Å². The molecule has 0 amide bonds. The van der Waals surface area contributed by atoms with Gasteiger partial charge in [0, 0.05) is 27.7 Å². The summed E-state index contributed by atoms with van der Waals surface area (Å²) >= 11 is 0. The summed E-state index contributed by atoms with van der Waals surface area (Å²) in [5, 5.41) is 10.9.